The van der Waals surface area contributed by atoms with Gasteiger partial charge in [-0.25, -0.2) is 9.67 Å². The summed E-state index contributed by atoms with van der Waals surface area (Å²) in [6.07, 6.45) is 1.41. The molecule has 172 valence electrons. The zero-order chi connectivity index (χ0) is 23.7. The predicted octanol–water partition coefficient (Wildman–Crippen LogP) is 2.81. The minimum atomic E-state index is -0.363. The van der Waals surface area contributed by atoms with Gasteiger partial charge in [0.25, 0.3) is 5.56 Å². The van der Waals surface area contributed by atoms with Crippen LogP contribution in [0.3, 0.4) is 0 Å². The Morgan fingerprint density at radius 2 is 1.82 bits per heavy atom. The number of methoxy groups -OCH3 is 2. The van der Waals surface area contributed by atoms with Gasteiger partial charge in [0.1, 0.15) is 12.9 Å². The number of benzene rings is 2. The first kappa shape index (κ1) is 21.6. The summed E-state index contributed by atoms with van der Waals surface area (Å²) >= 11 is 5.94. The van der Waals surface area contributed by atoms with Crippen molar-refractivity contribution < 1.29 is 14.0 Å². The Morgan fingerprint density at radius 3 is 2.59 bits per heavy atom. The fraction of sp³-hybridized carbons (Fsp3) is 0.182. The zero-order valence-corrected chi connectivity index (χ0v) is 18.9. The van der Waals surface area contributed by atoms with Crippen LogP contribution in [0.1, 0.15) is 11.5 Å². The smallest absolute Gasteiger partial charge is 0.283 e. The van der Waals surface area contributed by atoms with Crippen LogP contribution in [0.15, 0.2) is 58.1 Å². The SMILES string of the molecule is COc1ccc(-c2noc(Cn3cnc4c(nnn4Cc4ccc(Cl)cc4)c3=O)n2)cc1OC. The fourth-order valence-corrected chi connectivity index (χ4v) is 3.55. The van der Waals surface area contributed by atoms with Gasteiger partial charge in [0.05, 0.1) is 20.8 Å². The van der Waals surface area contributed by atoms with Crippen molar-refractivity contribution in [1.29, 1.82) is 0 Å². The third-order valence-corrected chi connectivity index (χ3v) is 5.40. The monoisotopic (exact) mass is 479 g/mol. The van der Waals surface area contributed by atoms with Crippen molar-refractivity contribution in [3.05, 3.63) is 75.6 Å². The average molecular weight is 480 g/mol. The molecule has 0 aliphatic carbocycles. The molecule has 2 aromatic carbocycles. The second-order valence-electron chi connectivity index (χ2n) is 7.30. The molecule has 0 bridgehead atoms. The first-order chi connectivity index (χ1) is 16.6. The van der Waals surface area contributed by atoms with Crippen LogP contribution in [0.5, 0.6) is 11.5 Å². The molecule has 3 heterocycles. The largest absolute Gasteiger partial charge is 0.493 e. The zero-order valence-electron chi connectivity index (χ0n) is 18.2. The lowest BCUT2D eigenvalue weighted by molar-refractivity contribution is 0.355. The minimum absolute atomic E-state index is 0.0338. The lowest BCUT2D eigenvalue weighted by Gasteiger charge is -2.07. The maximum Gasteiger partial charge on any atom is 0.283 e. The van der Waals surface area contributed by atoms with Crippen LogP contribution in [0.25, 0.3) is 22.6 Å². The summed E-state index contributed by atoms with van der Waals surface area (Å²) in [4.78, 5) is 21.7. The number of ether oxygens (including phenoxy) is 2. The summed E-state index contributed by atoms with van der Waals surface area (Å²) in [5, 5.41) is 12.7. The topological polar surface area (TPSA) is 123 Å². The summed E-state index contributed by atoms with van der Waals surface area (Å²) in [7, 11) is 3.10. The van der Waals surface area contributed by atoms with Gasteiger partial charge in [-0.15, -0.1) is 5.10 Å². The van der Waals surface area contributed by atoms with Gasteiger partial charge in [-0.3, -0.25) is 9.36 Å². The Morgan fingerprint density at radius 1 is 1.03 bits per heavy atom. The van der Waals surface area contributed by atoms with Crippen molar-refractivity contribution >= 4 is 22.8 Å². The van der Waals surface area contributed by atoms with Crippen LogP contribution in [-0.4, -0.2) is 48.9 Å². The van der Waals surface area contributed by atoms with Gasteiger partial charge in [0, 0.05) is 10.6 Å². The summed E-state index contributed by atoms with van der Waals surface area (Å²) in [5.74, 6) is 1.72. The Balaban J connectivity index is 1.39. The van der Waals surface area contributed by atoms with Crippen LogP contribution < -0.4 is 15.0 Å². The van der Waals surface area contributed by atoms with E-state index in [0.29, 0.717) is 40.1 Å². The molecule has 0 aliphatic rings. The van der Waals surface area contributed by atoms with Gasteiger partial charge in [-0.05, 0) is 35.9 Å². The molecule has 0 unspecified atom stereocenters. The molecule has 0 saturated carbocycles. The molecule has 5 rings (SSSR count). The Kier molecular flexibility index (Phi) is 5.68. The predicted molar refractivity (Wildman–Crippen MR) is 122 cm³/mol. The van der Waals surface area contributed by atoms with Crippen molar-refractivity contribution in [2.24, 2.45) is 0 Å². The average Bonchev–Trinajstić information content (AvgIpc) is 3.49. The Hall–Kier alpha value is -4.25. The highest BCUT2D eigenvalue weighted by atomic mass is 35.5. The molecule has 12 heteroatoms. The van der Waals surface area contributed by atoms with Crippen molar-refractivity contribution in [1.82, 2.24) is 34.7 Å². The number of fused-ring (bicyclic) bond motifs is 1. The number of hydrogen-bond donors (Lipinski definition) is 0. The van der Waals surface area contributed by atoms with E-state index in [4.69, 9.17) is 25.6 Å². The fourth-order valence-electron chi connectivity index (χ4n) is 3.43. The van der Waals surface area contributed by atoms with Crippen LogP contribution in [-0.2, 0) is 13.1 Å². The second kappa shape index (κ2) is 8.94. The third kappa shape index (κ3) is 4.08. The second-order valence-corrected chi connectivity index (χ2v) is 7.74. The van der Waals surface area contributed by atoms with E-state index in [2.05, 4.69) is 25.4 Å². The van der Waals surface area contributed by atoms with Gasteiger partial charge in [-0.1, -0.05) is 34.1 Å². The molecule has 0 N–H and O–H groups in total. The molecular formula is C22H18ClN7O4. The summed E-state index contributed by atoms with van der Waals surface area (Å²) < 4.78 is 18.8. The molecular weight excluding hydrogens is 462 g/mol. The molecule has 34 heavy (non-hydrogen) atoms. The Bertz CT molecular complexity index is 1520. The van der Waals surface area contributed by atoms with E-state index >= 15 is 0 Å². The Labute approximate surface area is 197 Å². The first-order valence-electron chi connectivity index (χ1n) is 10.1. The number of rotatable bonds is 7. The molecule has 0 atom stereocenters. The lowest BCUT2D eigenvalue weighted by atomic mass is 10.2. The van der Waals surface area contributed by atoms with Crippen LogP contribution in [0.4, 0.5) is 0 Å². The number of hydrogen-bond acceptors (Lipinski definition) is 9. The highest BCUT2D eigenvalue weighted by Gasteiger charge is 2.16. The van der Waals surface area contributed by atoms with Crippen LogP contribution in [0.2, 0.25) is 5.02 Å². The van der Waals surface area contributed by atoms with Gasteiger partial charge < -0.3 is 14.0 Å². The molecule has 0 fully saturated rings. The van der Waals surface area contributed by atoms with E-state index in [-0.39, 0.29) is 23.5 Å². The molecule has 3 aromatic heterocycles. The van der Waals surface area contributed by atoms with E-state index in [0.717, 1.165) is 5.56 Å². The van der Waals surface area contributed by atoms with Gasteiger partial charge in [0.2, 0.25) is 11.7 Å². The summed E-state index contributed by atoms with van der Waals surface area (Å²) in [6, 6.07) is 12.6. The van der Waals surface area contributed by atoms with Crippen molar-refractivity contribution in [2.45, 2.75) is 13.1 Å². The molecule has 11 nitrogen and oxygen atoms in total. The first-order valence-corrected chi connectivity index (χ1v) is 10.5. The van der Waals surface area contributed by atoms with E-state index in [9.17, 15) is 4.79 Å². The molecule has 0 saturated heterocycles. The molecule has 5 aromatic rings. The highest BCUT2D eigenvalue weighted by molar-refractivity contribution is 6.30. The maximum atomic E-state index is 12.9. The molecule has 0 aliphatic heterocycles. The molecule has 0 spiro atoms. The van der Waals surface area contributed by atoms with Gasteiger partial charge in [-0.2, -0.15) is 4.98 Å². The van der Waals surface area contributed by atoms with Gasteiger partial charge >= 0.3 is 0 Å². The third-order valence-electron chi connectivity index (χ3n) is 5.15. The normalized spacial score (nSPS) is 11.1. The van der Waals surface area contributed by atoms with Gasteiger partial charge in [0.15, 0.2) is 22.7 Å². The van der Waals surface area contributed by atoms with Crippen molar-refractivity contribution in [3.8, 4) is 22.9 Å². The van der Waals surface area contributed by atoms with E-state index in [1.807, 2.05) is 12.1 Å². The quantitative estimate of drug-likeness (QED) is 0.346. The molecule has 0 amide bonds. The van der Waals surface area contributed by atoms with E-state index in [1.165, 1.54) is 10.9 Å². The van der Waals surface area contributed by atoms with Crippen LogP contribution >= 0.6 is 11.6 Å². The van der Waals surface area contributed by atoms with E-state index < -0.39 is 0 Å². The lowest BCUT2D eigenvalue weighted by Crippen LogP contribution is -2.21. The van der Waals surface area contributed by atoms with Crippen molar-refractivity contribution in [2.75, 3.05) is 14.2 Å². The minimum Gasteiger partial charge on any atom is -0.493 e. The summed E-state index contributed by atoms with van der Waals surface area (Å²) in [6.45, 7) is 0.439. The molecule has 0 radical (unpaired) electrons. The summed E-state index contributed by atoms with van der Waals surface area (Å²) in [5.41, 5.74) is 1.80. The van der Waals surface area contributed by atoms with Crippen LogP contribution in [0, 0.1) is 0 Å². The number of nitrogens with zero attached hydrogens (tertiary/aromatic N) is 7. The van der Waals surface area contributed by atoms with Crippen molar-refractivity contribution in [3.63, 3.8) is 0 Å². The standard InChI is InChI=1S/C22H18ClN7O4/c1-32-16-8-5-14(9-17(16)33-2)20-25-18(34-27-20)11-29-12-24-21-19(22(29)31)26-28-30(21)10-13-3-6-15(23)7-4-13/h3-9,12H,10-11H2,1-2H3. The number of halogens is 1. The van der Waals surface area contributed by atoms with E-state index in [1.54, 1.807) is 49.2 Å². The number of aromatic nitrogens is 7. The maximum absolute atomic E-state index is 12.9. The highest BCUT2D eigenvalue weighted by Crippen LogP contribution is 2.31.